The molecule has 0 fully saturated rings. The van der Waals surface area contributed by atoms with Crippen LogP contribution in [0.1, 0.15) is 12.5 Å². The Kier molecular flexibility index (Phi) is 1.68. The first kappa shape index (κ1) is 5.36. The lowest BCUT2D eigenvalue weighted by Gasteiger charge is -1.89. The van der Waals surface area contributed by atoms with E-state index >= 15 is 0 Å². The van der Waals surface area contributed by atoms with Gasteiger partial charge in [-0.3, -0.25) is 0 Å². The molecule has 0 atom stereocenters. The van der Waals surface area contributed by atoms with Gasteiger partial charge in [0, 0.05) is 0 Å². The summed E-state index contributed by atoms with van der Waals surface area (Å²) >= 11 is 0. The van der Waals surface area contributed by atoms with Crippen molar-refractivity contribution in [2.45, 2.75) is 13.3 Å². The van der Waals surface area contributed by atoms with E-state index in [9.17, 15) is 0 Å². The Hall–Kier alpha value is -0.780. The van der Waals surface area contributed by atoms with E-state index in [0.29, 0.717) is 0 Å². The fourth-order valence-corrected chi connectivity index (χ4v) is 0.714. The Morgan fingerprint density at radius 1 is 1.12 bits per heavy atom. The first-order valence-corrected chi connectivity index (χ1v) is 2.97. The quantitative estimate of drug-likeness (QED) is 0.517. The van der Waals surface area contributed by atoms with Crippen molar-refractivity contribution in [2.75, 3.05) is 0 Å². The molecule has 1 rings (SSSR count). The van der Waals surface area contributed by atoms with Crippen LogP contribution in [0, 0.1) is 0 Å². The van der Waals surface area contributed by atoms with Crippen molar-refractivity contribution in [2.24, 2.45) is 0 Å². The van der Waals surface area contributed by atoms with Gasteiger partial charge in [-0.05, 0) is 12.0 Å². The summed E-state index contributed by atoms with van der Waals surface area (Å²) in [5, 5.41) is 0. The van der Waals surface area contributed by atoms with Crippen molar-refractivity contribution in [3.8, 4) is 0 Å². The lowest BCUT2D eigenvalue weighted by molar-refractivity contribution is 1.14. The molecule has 0 aliphatic rings. The highest BCUT2D eigenvalue weighted by atomic mass is 14.8. The average molecular weight is 108 g/mol. The van der Waals surface area contributed by atoms with Crippen molar-refractivity contribution >= 4 is 0 Å². The zero-order valence-electron chi connectivity index (χ0n) is 5.09. The Morgan fingerprint density at radius 3 is 2.12 bits per heavy atom. The van der Waals surface area contributed by atoms with E-state index < -0.39 is 0 Å². The third-order valence-corrected chi connectivity index (χ3v) is 1.25. The van der Waals surface area contributed by atoms with Crippen molar-refractivity contribution in [3.05, 3.63) is 35.9 Å². The van der Waals surface area contributed by atoms with Gasteiger partial charge in [0.05, 0.1) is 0 Å². The van der Waals surface area contributed by atoms with Gasteiger partial charge in [-0.1, -0.05) is 37.3 Å². The highest BCUT2D eigenvalue weighted by Gasteiger charge is 1.79. The molecule has 0 bridgehead atoms. The number of hydrogen-bond acceptors (Lipinski definition) is 0. The van der Waals surface area contributed by atoms with Crippen molar-refractivity contribution in [1.82, 2.24) is 0 Å². The monoisotopic (exact) mass is 108 g/mol. The van der Waals surface area contributed by atoms with E-state index in [1.54, 1.807) is 0 Å². The Morgan fingerprint density at radius 2 is 1.75 bits per heavy atom. The lowest BCUT2D eigenvalue weighted by atomic mass is 10.3. The third kappa shape index (κ3) is 1.09. The first-order valence-electron chi connectivity index (χ1n) is 2.97. The summed E-state index contributed by atoms with van der Waals surface area (Å²) < 4.78 is 0. The average Bonchev–Trinajstić information content (AvgIpc) is 1.90. The van der Waals surface area contributed by atoms with Gasteiger partial charge in [0.15, 0.2) is 0 Å². The van der Waals surface area contributed by atoms with E-state index in [0.717, 1.165) is 6.42 Å². The second-order valence-electron chi connectivity index (χ2n) is 1.84. The van der Waals surface area contributed by atoms with Gasteiger partial charge in [-0.25, -0.2) is 0 Å². The summed E-state index contributed by atoms with van der Waals surface area (Å²) in [4.78, 5) is 0. The zero-order chi connectivity index (χ0) is 5.82. The number of hydrogen-bond donors (Lipinski definition) is 0. The molecule has 0 radical (unpaired) electrons. The summed E-state index contributed by atoms with van der Waals surface area (Å²) in [6, 6.07) is 10.5. The summed E-state index contributed by atoms with van der Waals surface area (Å²) in [6.45, 7) is 2.16. The fraction of sp³-hybridized carbons (Fsp3) is 0.250. The van der Waals surface area contributed by atoms with Crippen molar-refractivity contribution in [3.63, 3.8) is 0 Å². The topological polar surface area (TPSA) is 0 Å². The van der Waals surface area contributed by atoms with Crippen LogP contribution in [0.4, 0.5) is 0 Å². The molecule has 42 valence electrons. The van der Waals surface area contributed by atoms with E-state index in [-0.39, 0.29) is 0 Å². The largest absolute Gasteiger partial charge is 0.0622 e. The highest BCUT2D eigenvalue weighted by molar-refractivity contribution is 5.13. The van der Waals surface area contributed by atoms with Gasteiger partial charge in [0.2, 0.25) is 0 Å². The molecule has 0 unspecified atom stereocenters. The maximum atomic E-state index is 2.16. The van der Waals surface area contributed by atoms with Crippen LogP contribution in [0.25, 0.3) is 0 Å². The molecule has 0 spiro atoms. The van der Waals surface area contributed by atoms with Crippen LogP contribution in [0.3, 0.4) is 0 Å². The Bertz CT molecular complexity index is 141. The SMILES string of the molecule is C[14CH2]c1ccccc1. The van der Waals surface area contributed by atoms with Crippen molar-refractivity contribution < 1.29 is 0 Å². The first-order chi connectivity index (χ1) is 3.93. The molecule has 0 heteroatoms. The standard InChI is InChI=1S/C8H10/c1-2-8-6-4-3-5-7-8/h3-7H,2H2,1H3/i2+2. The number of rotatable bonds is 1. The smallest absolute Gasteiger partial charge is 0.0307 e. The molecule has 0 aromatic heterocycles. The minimum Gasteiger partial charge on any atom is -0.0622 e. The van der Waals surface area contributed by atoms with Crippen LogP contribution in [0.15, 0.2) is 30.3 Å². The molecule has 1 aromatic rings. The summed E-state index contributed by atoms with van der Waals surface area (Å²) in [5.41, 5.74) is 1.41. The molecule has 1 aromatic carbocycles. The minimum atomic E-state index is 1.14. The fourth-order valence-electron chi connectivity index (χ4n) is 0.714. The molecule has 0 saturated heterocycles. The van der Waals surface area contributed by atoms with Crippen LogP contribution < -0.4 is 0 Å². The predicted octanol–water partition coefficient (Wildman–Crippen LogP) is 2.25. The summed E-state index contributed by atoms with van der Waals surface area (Å²) in [5.74, 6) is 0. The molecule has 0 aliphatic carbocycles. The van der Waals surface area contributed by atoms with Crippen LogP contribution >= 0.6 is 0 Å². The zero-order valence-corrected chi connectivity index (χ0v) is 5.09. The Labute approximate surface area is 50.2 Å². The molecule has 0 nitrogen and oxygen atoms in total. The summed E-state index contributed by atoms with van der Waals surface area (Å²) in [6.07, 6.45) is 1.14. The molecule has 8 heavy (non-hydrogen) atoms. The minimum absolute atomic E-state index is 1.14. The van der Waals surface area contributed by atoms with Crippen LogP contribution in [0.2, 0.25) is 0 Å². The van der Waals surface area contributed by atoms with Gasteiger partial charge in [-0.15, -0.1) is 0 Å². The normalized spacial score (nSPS) is 9.12. The molecular formula is C8H10. The molecule has 0 heterocycles. The summed E-state index contributed by atoms with van der Waals surface area (Å²) in [7, 11) is 0. The van der Waals surface area contributed by atoms with E-state index in [1.807, 2.05) is 6.07 Å². The van der Waals surface area contributed by atoms with Crippen molar-refractivity contribution in [1.29, 1.82) is 0 Å². The van der Waals surface area contributed by atoms with Gasteiger partial charge >= 0.3 is 0 Å². The van der Waals surface area contributed by atoms with E-state index in [1.165, 1.54) is 5.56 Å². The van der Waals surface area contributed by atoms with Gasteiger partial charge in [0.25, 0.3) is 0 Å². The van der Waals surface area contributed by atoms with Gasteiger partial charge in [-0.2, -0.15) is 0 Å². The lowest BCUT2D eigenvalue weighted by Crippen LogP contribution is -1.73. The van der Waals surface area contributed by atoms with Gasteiger partial charge in [0.1, 0.15) is 0 Å². The maximum Gasteiger partial charge on any atom is -0.0307 e. The van der Waals surface area contributed by atoms with Gasteiger partial charge < -0.3 is 0 Å². The highest BCUT2D eigenvalue weighted by Crippen LogP contribution is 1.96. The van der Waals surface area contributed by atoms with Crippen LogP contribution in [0.5, 0.6) is 0 Å². The molecule has 0 aliphatic heterocycles. The van der Waals surface area contributed by atoms with Crippen LogP contribution in [-0.4, -0.2) is 0 Å². The molecular weight excluding hydrogens is 98.1 g/mol. The van der Waals surface area contributed by atoms with Crippen LogP contribution in [-0.2, 0) is 6.42 Å². The molecule has 0 N–H and O–H groups in total. The third-order valence-electron chi connectivity index (χ3n) is 1.25. The second-order valence-corrected chi connectivity index (χ2v) is 1.84. The van der Waals surface area contributed by atoms with E-state index in [4.69, 9.17) is 0 Å². The number of aryl methyl sites for hydroxylation is 1. The molecule has 0 saturated carbocycles. The maximum absolute atomic E-state index is 2.16. The number of benzene rings is 1. The Balaban J connectivity index is 2.83. The second kappa shape index (κ2) is 2.51. The van der Waals surface area contributed by atoms with E-state index in [2.05, 4.69) is 31.2 Å². The predicted molar refractivity (Wildman–Crippen MR) is 35.8 cm³/mol. The molecule has 0 amide bonds.